The van der Waals surface area contributed by atoms with E-state index >= 15 is 0 Å². The number of ether oxygens (including phenoxy) is 1. The molecule has 8 heteroatoms. The van der Waals surface area contributed by atoms with Crippen LogP contribution in [0, 0.1) is 0 Å². The number of likely N-dealkylation sites (N-methyl/N-ethyl adjacent to an activating group) is 1. The maximum Gasteiger partial charge on any atom is 0.232 e. The zero-order valence-corrected chi connectivity index (χ0v) is 16.9. The van der Waals surface area contributed by atoms with Gasteiger partial charge >= 0.3 is 0 Å². The quantitative estimate of drug-likeness (QED) is 0.633. The highest BCUT2D eigenvalue weighted by atomic mass is 32.2. The second-order valence-corrected chi connectivity index (χ2v) is 9.21. The van der Waals surface area contributed by atoms with Gasteiger partial charge in [-0.25, -0.2) is 17.9 Å². The molecule has 1 aromatic carbocycles. The van der Waals surface area contributed by atoms with Crippen molar-refractivity contribution in [2.24, 2.45) is 0 Å². The second kappa shape index (κ2) is 7.52. The largest absolute Gasteiger partial charge is 0.472 e. The van der Waals surface area contributed by atoms with Crippen LogP contribution in [0.4, 0.5) is 0 Å². The molecule has 2 aromatic heterocycles. The van der Waals surface area contributed by atoms with Crippen molar-refractivity contribution in [3.05, 3.63) is 42.6 Å². The standard InChI is InChI=1S/C20H24N4O3S/c1-3-23-12-11-16(14-23)27-20-10-9-19-21-13-18(24(19)22-20)15-5-7-17(8-6-15)28(25,26)4-2/h5-10,13,16H,3-4,11-12,14H2,1-2H3. The van der Waals surface area contributed by atoms with Gasteiger partial charge in [0.2, 0.25) is 5.88 Å². The Morgan fingerprint density at radius 2 is 1.93 bits per heavy atom. The molecule has 1 atom stereocenters. The molecule has 0 saturated carbocycles. The third-order valence-corrected chi connectivity index (χ3v) is 6.94. The van der Waals surface area contributed by atoms with Gasteiger partial charge in [-0.1, -0.05) is 26.0 Å². The van der Waals surface area contributed by atoms with Gasteiger partial charge in [0.1, 0.15) is 6.10 Å². The molecule has 0 N–H and O–H groups in total. The van der Waals surface area contributed by atoms with E-state index in [1.54, 1.807) is 41.9 Å². The molecule has 0 aliphatic carbocycles. The molecule has 3 heterocycles. The summed E-state index contributed by atoms with van der Waals surface area (Å²) in [6.45, 7) is 6.79. The van der Waals surface area contributed by atoms with E-state index in [9.17, 15) is 8.42 Å². The minimum absolute atomic E-state index is 0.0842. The van der Waals surface area contributed by atoms with Gasteiger partial charge in [-0.2, -0.15) is 0 Å². The number of benzene rings is 1. The number of likely N-dealkylation sites (tertiary alicyclic amines) is 1. The normalized spacial score (nSPS) is 18.0. The first-order valence-electron chi connectivity index (χ1n) is 9.57. The maximum absolute atomic E-state index is 12.0. The zero-order valence-electron chi connectivity index (χ0n) is 16.1. The third-order valence-electron chi connectivity index (χ3n) is 5.19. The number of hydrogen-bond acceptors (Lipinski definition) is 6. The first-order chi connectivity index (χ1) is 13.5. The number of aromatic nitrogens is 3. The topological polar surface area (TPSA) is 76.8 Å². The Morgan fingerprint density at radius 1 is 1.14 bits per heavy atom. The lowest BCUT2D eigenvalue weighted by Gasteiger charge is -2.14. The highest BCUT2D eigenvalue weighted by Gasteiger charge is 2.23. The van der Waals surface area contributed by atoms with Crippen LogP contribution in [0.3, 0.4) is 0 Å². The predicted octanol–water partition coefficient (Wildman–Crippen LogP) is 2.66. The molecule has 0 amide bonds. The number of fused-ring (bicyclic) bond motifs is 1. The predicted molar refractivity (Wildman–Crippen MR) is 107 cm³/mol. The third kappa shape index (κ3) is 3.62. The van der Waals surface area contributed by atoms with Gasteiger partial charge in [0.25, 0.3) is 0 Å². The van der Waals surface area contributed by atoms with Crippen molar-refractivity contribution in [1.29, 1.82) is 0 Å². The molecule has 3 aromatic rings. The molecule has 1 fully saturated rings. The summed E-state index contributed by atoms with van der Waals surface area (Å²) >= 11 is 0. The molecule has 1 aliphatic heterocycles. The first kappa shape index (κ1) is 18.9. The van der Waals surface area contributed by atoms with Crippen LogP contribution in [0.2, 0.25) is 0 Å². The van der Waals surface area contributed by atoms with Crippen molar-refractivity contribution in [3.63, 3.8) is 0 Å². The first-order valence-corrected chi connectivity index (χ1v) is 11.2. The van der Waals surface area contributed by atoms with E-state index in [1.807, 2.05) is 12.1 Å². The van der Waals surface area contributed by atoms with E-state index < -0.39 is 9.84 Å². The van der Waals surface area contributed by atoms with Crippen molar-refractivity contribution in [2.75, 3.05) is 25.4 Å². The fraction of sp³-hybridized carbons (Fsp3) is 0.400. The van der Waals surface area contributed by atoms with Crippen LogP contribution in [-0.4, -0.2) is 59.4 Å². The smallest absolute Gasteiger partial charge is 0.232 e. The molecule has 1 saturated heterocycles. The Balaban J connectivity index is 1.61. The van der Waals surface area contributed by atoms with Crippen LogP contribution < -0.4 is 4.74 Å². The van der Waals surface area contributed by atoms with E-state index in [-0.39, 0.29) is 11.9 Å². The Labute approximate surface area is 164 Å². The minimum atomic E-state index is -3.22. The summed E-state index contributed by atoms with van der Waals surface area (Å²) in [6.07, 6.45) is 2.89. The molecule has 0 spiro atoms. The van der Waals surface area contributed by atoms with E-state index in [0.717, 1.165) is 37.3 Å². The van der Waals surface area contributed by atoms with Crippen LogP contribution in [0.5, 0.6) is 5.88 Å². The molecule has 4 rings (SSSR count). The summed E-state index contributed by atoms with van der Waals surface area (Å²) in [7, 11) is -3.22. The van der Waals surface area contributed by atoms with E-state index in [4.69, 9.17) is 4.74 Å². The van der Waals surface area contributed by atoms with Crippen molar-refractivity contribution in [1.82, 2.24) is 19.5 Å². The van der Waals surface area contributed by atoms with Crippen molar-refractivity contribution < 1.29 is 13.2 Å². The average molecular weight is 401 g/mol. The van der Waals surface area contributed by atoms with Gasteiger partial charge in [0.15, 0.2) is 15.5 Å². The Bertz CT molecular complexity index is 1080. The fourth-order valence-corrected chi connectivity index (χ4v) is 4.35. The number of rotatable bonds is 6. The van der Waals surface area contributed by atoms with Crippen molar-refractivity contribution >= 4 is 15.5 Å². The molecule has 28 heavy (non-hydrogen) atoms. The Hall–Kier alpha value is -2.45. The molecule has 0 bridgehead atoms. The monoisotopic (exact) mass is 400 g/mol. The molecule has 1 unspecified atom stereocenters. The van der Waals surface area contributed by atoms with E-state index in [0.29, 0.717) is 16.4 Å². The molecule has 148 valence electrons. The zero-order chi connectivity index (χ0) is 19.7. The number of imidazole rings is 1. The Morgan fingerprint density at radius 3 is 2.61 bits per heavy atom. The molecular formula is C20H24N4O3S. The summed E-state index contributed by atoms with van der Waals surface area (Å²) in [5.74, 6) is 0.654. The van der Waals surface area contributed by atoms with Crippen LogP contribution in [-0.2, 0) is 9.84 Å². The minimum Gasteiger partial charge on any atom is -0.472 e. The highest BCUT2D eigenvalue weighted by molar-refractivity contribution is 7.91. The van der Waals surface area contributed by atoms with Crippen molar-refractivity contribution in [2.45, 2.75) is 31.3 Å². The number of hydrogen-bond donors (Lipinski definition) is 0. The van der Waals surface area contributed by atoms with Crippen LogP contribution >= 0.6 is 0 Å². The molecular weight excluding hydrogens is 376 g/mol. The van der Waals surface area contributed by atoms with Gasteiger partial charge in [-0.15, -0.1) is 5.10 Å². The van der Waals surface area contributed by atoms with Gasteiger partial charge in [-0.3, -0.25) is 4.90 Å². The van der Waals surface area contributed by atoms with Crippen LogP contribution in [0.1, 0.15) is 20.3 Å². The number of sulfone groups is 1. The van der Waals surface area contributed by atoms with E-state index in [1.165, 1.54) is 0 Å². The van der Waals surface area contributed by atoms with Gasteiger partial charge < -0.3 is 4.74 Å². The highest BCUT2D eigenvalue weighted by Crippen LogP contribution is 2.24. The summed E-state index contributed by atoms with van der Waals surface area (Å²) in [5, 5.41) is 4.61. The van der Waals surface area contributed by atoms with Crippen LogP contribution in [0.15, 0.2) is 47.5 Å². The van der Waals surface area contributed by atoms with Crippen molar-refractivity contribution in [3.8, 4) is 17.1 Å². The molecule has 7 nitrogen and oxygen atoms in total. The summed E-state index contributed by atoms with van der Waals surface area (Å²) in [4.78, 5) is 7.08. The molecule has 1 aliphatic rings. The van der Waals surface area contributed by atoms with E-state index in [2.05, 4.69) is 21.9 Å². The van der Waals surface area contributed by atoms with Gasteiger partial charge in [-0.05, 0) is 31.2 Å². The SMILES string of the molecule is CCN1CCC(Oc2ccc3ncc(-c4ccc(S(=O)(=O)CC)cc4)n3n2)C1. The fourth-order valence-electron chi connectivity index (χ4n) is 3.47. The number of nitrogens with zero attached hydrogens (tertiary/aromatic N) is 4. The van der Waals surface area contributed by atoms with Gasteiger partial charge in [0.05, 0.1) is 22.5 Å². The van der Waals surface area contributed by atoms with Crippen LogP contribution in [0.25, 0.3) is 16.9 Å². The summed E-state index contributed by atoms with van der Waals surface area (Å²) < 4.78 is 31.8. The average Bonchev–Trinajstić information content (AvgIpc) is 3.34. The lowest BCUT2D eigenvalue weighted by atomic mass is 10.2. The van der Waals surface area contributed by atoms with Gasteiger partial charge in [0, 0.05) is 24.7 Å². The molecule has 0 radical (unpaired) electrons. The lowest BCUT2D eigenvalue weighted by molar-refractivity contribution is 0.192. The summed E-state index contributed by atoms with van der Waals surface area (Å²) in [6, 6.07) is 10.6. The lowest BCUT2D eigenvalue weighted by Crippen LogP contribution is -2.24. The Kier molecular flexibility index (Phi) is 5.07. The second-order valence-electron chi connectivity index (χ2n) is 6.93. The summed E-state index contributed by atoms with van der Waals surface area (Å²) in [5.41, 5.74) is 2.36. The maximum atomic E-state index is 12.0.